The number of nitrogens with zero attached hydrogens (tertiary/aromatic N) is 2. The van der Waals surface area contributed by atoms with Gasteiger partial charge in [0.25, 0.3) is 17.7 Å². The Hall–Kier alpha value is -2.54. The van der Waals surface area contributed by atoms with E-state index in [1.165, 1.54) is 7.05 Å². The quantitative estimate of drug-likeness (QED) is 0.762. The van der Waals surface area contributed by atoms with Crippen LogP contribution in [0.1, 0.15) is 39.1 Å². The van der Waals surface area contributed by atoms with Crippen molar-refractivity contribution in [3.8, 4) is 0 Å². The topological polar surface area (TPSA) is 84.0 Å². The molecule has 7 nitrogen and oxygen atoms in total. The van der Waals surface area contributed by atoms with Gasteiger partial charge in [-0.15, -0.1) is 0 Å². The predicted octanol–water partition coefficient (Wildman–Crippen LogP) is 0.576. The molecule has 1 atom stereocenters. The number of likely N-dealkylation sites (tertiary alicyclic amines) is 1. The van der Waals surface area contributed by atoms with Crippen LogP contribution in [0.15, 0.2) is 18.2 Å². The minimum atomic E-state index is -0.920. The first-order valence-corrected chi connectivity index (χ1v) is 7.26. The van der Waals surface area contributed by atoms with Crippen LogP contribution in [0.3, 0.4) is 0 Å². The minimum Gasteiger partial charge on any atom is -0.380 e. The van der Waals surface area contributed by atoms with Gasteiger partial charge in [0.2, 0.25) is 5.91 Å². The number of methoxy groups -OCH3 is 1. The van der Waals surface area contributed by atoms with E-state index in [0.29, 0.717) is 6.61 Å². The molecule has 0 aromatic heterocycles. The zero-order valence-electron chi connectivity index (χ0n) is 12.9. The molecular formula is C16H16N2O5. The summed E-state index contributed by atoms with van der Waals surface area (Å²) < 4.78 is 5.03. The zero-order valence-corrected chi connectivity index (χ0v) is 12.9. The predicted molar refractivity (Wildman–Crippen MR) is 78.5 cm³/mol. The molecule has 1 unspecified atom stereocenters. The Morgan fingerprint density at radius 1 is 1.13 bits per heavy atom. The highest BCUT2D eigenvalue weighted by Gasteiger charge is 2.46. The Morgan fingerprint density at radius 3 is 2.52 bits per heavy atom. The summed E-state index contributed by atoms with van der Waals surface area (Å²) >= 11 is 0. The van der Waals surface area contributed by atoms with Gasteiger partial charge in [-0.05, 0) is 24.1 Å². The number of rotatable bonds is 3. The number of imide groups is 2. The van der Waals surface area contributed by atoms with Crippen molar-refractivity contribution < 1.29 is 23.9 Å². The Bertz CT molecular complexity index is 727. The summed E-state index contributed by atoms with van der Waals surface area (Å²) in [5.41, 5.74) is 1.33. The number of hydrogen-bond acceptors (Lipinski definition) is 5. The molecule has 2 heterocycles. The molecule has 23 heavy (non-hydrogen) atoms. The number of amides is 4. The van der Waals surface area contributed by atoms with Crippen LogP contribution < -0.4 is 0 Å². The molecule has 1 aromatic carbocycles. The first kappa shape index (κ1) is 15.4. The third kappa shape index (κ3) is 2.33. The molecule has 0 aliphatic carbocycles. The zero-order chi connectivity index (χ0) is 16.7. The van der Waals surface area contributed by atoms with Crippen LogP contribution >= 0.6 is 0 Å². The molecule has 2 aliphatic rings. The fourth-order valence-corrected chi connectivity index (χ4v) is 2.98. The molecule has 1 saturated heterocycles. The third-order valence-corrected chi connectivity index (χ3v) is 4.23. The van der Waals surface area contributed by atoms with E-state index in [1.54, 1.807) is 25.3 Å². The second-order valence-corrected chi connectivity index (χ2v) is 5.64. The molecule has 3 rings (SSSR count). The third-order valence-electron chi connectivity index (χ3n) is 4.23. The van der Waals surface area contributed by atoms with Crippen molar-refractivity contribution in [2.24, 2.45) is 0 Å². The SMILES string of the molecule is COCc1ccc2c(c1)C(=O)N(C1CCC(=O)N(C)C1=O)C2=O. The lowest BCUT2D eigenvalue weighted by Gasteiger charge is -2.32. The van der Waals surface area contributed by atoms with Crippen LogP contribution in [0.2, 0.25) is 0 Å². The summed E-state index contributed by atoms with van der Waals surface area (Å²) in [6.07, 6.45) is 0.299. The van der Waals surface area contributed by atoms with Crippen LogP contribution in [0.25, 0.3) is 0 Å². The molecule has 0 N–H and O–H groups in total. The summed E-state index contributed by atoms with van der Waals surface area (Å²) in [6, 6.07) is 3.99. The summed E-state index contributed by atoms with van der Waals surface area (Å²) in [6.45, 7) is 0.328. The highest BCUT2D eigenvalue weighted by molar-refractivity contribution is 6.23. The fraction of sp³-hybridized carbons (Fsp3) is 0.375. The van der Waals surface area contributed by atoms with Crippen molar-refractivity contribution in [2.75, 3.05) is 14.2 Å². The first-order chi connectivity index (χ1) is 11.0. The van der Waals surface area contributed by atoms with Crippen LogP contribution in [0, 0.1) is 0 Å². The van der Waals surface area contributed by atoms with Crippen molar-refractivity contribution >= 4 is 23.6 Å². The van der Waals surface area contributed by atoms with E-state index in [9.17, 15) is 19.2 Å². The van der Waals surface area contributed by atoms with Gasteiger partial charge < -0.3 is 4.74 Å². The average Bonchev–Trinajstić information content (AvgIpc) is 2.78. The van der Waals surface area contributed by atoms with Gasteiger partial charge in [-0.1, -0.05) is 6.07 Å². The van der Waals surface area contributed by atoms with Gasteiger partial charge in [0, 0.05) is 20.6 Å². The molecule has 0 spiro atoms. The number of ether oxygens (including phenoxy) is 1. The highest BCUT2D eigenvalue weighted by atomic mass is 16.5. The van der Waals surface area contributed by atoms with Crippen molar-refractivity contribution in [1.29, 1.82) is 0 Å². The van der Waals surface area contributed by atoms with Gasteiger partial charge in [0.15, 0.2) is 0 Å². The van der Waals surface area contributed by atoms with E-state index in [1.807, 2.05) is 0 Å². The van der Waals surface area contributed by atoms with Crippen molar-refractivity contribution in [3.05, 3.63) is 34.9 Å². The van der Waals surface area contributed by atoms with Crippen LogP contribution in [0.5, 0.6) is 0 Å². The van der Waals surface area contributed by atoms with Gasteiger partial charge >= 0.3 is 0 Å². The number of fused-ring (bicyclic) bond motifs is 1. The minimum absolute atomic E-state index is 0.134. The Kier molecular flexibility index (Phi) is 3.73. The molecule has 2 aliphatic heterocycles. The van der Waals surface area contributed by atoms with Gasteiger partial charge in [-0.25, -0.2) is 0 Å². The smallest absolute Gasteiger partial charge is 0.262 e. The standard InChI is InChI=1S/C16H16N2O5/c1-17-13(19)6-5-12(16(17)22)18-14(20)10-4-3-9(8-23-2)7-11(10)15(18)21/h3-4,7,12H,5-6,8H2,1-2H3. The van der Waals surface area contributed by atoms with Gasteiger partial charge in [-0.2, -0.15) is 0 Å². The Balaban J connectivity index is 1.94. The lowest BCUT2D eigenvalue weighted by molar-refractivity contribution is -0.149. The van der Waals surface area contributed by atoms with Crippen LogP contribution in [0.4, 0.5) is 0 Å². The summed E-state index contributed by atoms with van der Waals surface area (Å²) in [7, 11) is 2.91. The number of benzene rings is 1. The lowest BCUT2D eigenvalue weighted by Crippen LogP contribution is -2.54. The van der Waals surface area contributed by atoms with Crippen molar-refractivity contribution in [3.63, 3.8) is 0 Å². The summed E-state index contributed by atoms with van der Waals surface area (Å²) in [5.74, 6) is -1.81. The maximum atomic E-state index is 12.6. The molecule has 7 heteroatoms. The van der Waals surface area contributed by atoms with E-state index in [2.05, 4.69) is 0 Å². The van der Waals surface area contributed by atoms with E-state index < -0.39 is 23.8 Å². The number of hydrogen-bond donors (Lipinski definition) is 0. The monoisotopic (exact) mass is 316 g/mol. The second kappa shape index (κ2) is 5.58. The maximum absolute atomic E-state index is 12.6. The number of carbonyl (C=O) groups is 4. The largest absolute Gasteiger partial charge is 0.380 e. The lowest BCUT2D eigenvalue weighted by atomic mass is 10.0. The fourth-order valence-electron chi connectivity index (χ4n) is 2.98. The normalized spacial score (nSPS) is 21.2. The Morgan fingerprint density at radius 2 is 1.83 bits per heavy atom. The number of carbonyl (C=O) groups excluding carboxylic acids is 4. The van der Waals surface area contributed by atoms with Crippen molar-refractivity contribution in [2.45, 2.75) is 25.5 Å². The molecule has 120 valence electrons. The number of likely N-dealkylation sites (N-methyl/N-ethyl adjacent to an activating group) is 1. The molecule has 4 amide bonds. The van der Waals surface area contributed by atoms with E-state index >= 15 is 0 Å². The molecule has 0 bridgehead atoms. The highest BCUT2D eigenvalue weighted by Crippen LogP contribution is 2.29. The first-order valence-electron chi connectivity index (χ1n) is 7.26. The molecule has 0 saturated carbocycles. The van der Waals surface area contributed by atoms with E-state index in [-0.39, 0.29) is 29.9 Å². The van der Waals surface area contributed by atoms with E-state index in [4.69, 9.17) is 4.74 Å². The van der Waals surface area contributed by atoms with E-state index in [0.717, 1.165) is 15.4 Å². The summed E-state index contributed by atoms with van der Waals surface area (Å²) in [4.78, 5) is 50.9. The molecule has 1 fully saturated rings. The average molecular weight is 316 g/mol. The number of piperidine rings is 1. The van der Waals surface area contributed by atoms with Gasteiger partial charge in [0.1, 0.15) is 6.04 Å². The maximum Gasteiger partial charge on any atom is 0.262 e. The van der Waals surface area contributed by atoms with Gasteiger partial charge in [-0.3, -0.25) is 29.0 Å². The Labute approximate surface area is 132 Å². The van der Waals surface area contributed by atoms with Crippen LogP contribution in [-0.2, 0) is 20.9 Å². The summed E-state index contributed by atoms with van der Waals surface area (Å²) in [5, 5.41) is 0. The van der Waals surface area contributed by atoms with Crippen molar-refractivity contribution in [1.82, 2.24) is 9.80 Å². The molecule has 1 aromatic rings. The second-order valence-electron chi connectivity index (χ2n) is 5.64. The molecule has 0 radical (unpaired) electrons. The molecular weight excluding hydrogens is 300 g/mol. The van der Waals surface area contributed by atoms with Crippen LogP contribution in [-0.4, -0.2) is 53.6 Å². The van der Waals surface area contributed by atoms with Gasteiger partial charge in [0.05, 0.1) is 17.7 Å².